The molecule has 0 unspecified atom stereocenters. The van der Waals surface area contributed by atoms with Gasteiger partial charge in [0.05, 0.1) is 0 Å². The average Bonchev–Trinajstić information content (AvgIpc) is 2.90. The fourth-order valence-corrected chi connectivity index (χ4v) is 5.49. The van der Waals surface area contributed by atoms with Crippen LogP contribution in [0, 0.1) is 6.92 Å². The van der Waals surface area contributed by atoms with E-state index in [2.05, 4.69) is 11.1 Å². The van der Waals surface area contributed by atoms with Crippen molar-refractivity contribution in [2.45, 2.75) is 6.92 Å². The van der Waals surface area contributed by atoms with Crippen LogP contribution in [0.1, 0.15) is 11.1 Å². The Hall–Kier alpha value is -3.84. The fourth-order valence-electron chi connectivity index (χ4n) is 4.24. The van der Waals surface area contributed by atoms with Crippen molar-refractivity contribution in [1.29, 1.82) is 0 Å². The Morgan fingerprint density at radius 1 is 0.865 bits per heavy atom. The van der Waals surface area contributed by atoms with Gasteiger partial charge in [-0.3, -0.25) is 4.79 Å². The Balaban J connectivity index is 1.55. The molecule has 1 aromatic heterocycles. The topological polar surface area (TPSA) is 76.2 Å². The molecule has 0 saturated carbocycles. The molecule has 0 amide bonds. The molecule has 0 aliphatic heterocycles. The molecule has 0 atom stereocenters. The first kappa shape index (κ1) is 24.8. The van der Waals surface area contributed by atoms with E-state index in [1.807, 2.05) is 91.9 Å². The Labute approximate surface area is 228 Å². The lowest BCUT2D eigenvalue weighted by atomic mass is 9.93. The maximum Gasteiger partial charge on any atom is 0.247 e. The van der Waals surface area contributed by atoms with Gasteiger partial charge < -0.3 is 10.8 Å². The summed E-state index contributed by atoms with van der Waals surface area (Å²) < 4.78 is -0.305. The van der Waals surface area contributed by atoms with Gasteiger partial charge in [0.1, 0.15) is 15.6 Å². The van der Waals surface area contributed by atoms with Crippen LogP contribution in [0.25, 0.3) is 44.0 Å². The summed E-state index contributed by atoms with van der Waals surface area (Å²) in [6, 6.07) is 28.8. The summed E-state index contributed by atoms with van der Waals surface area (Å²) in [5.74, 6) is -0.337. The molecule has 0 bridgehead atoms. The molecule has 5 rings (SSSR count). The van der Waals surface area contributed by atoms with E-state index >= 15 is 0 Å². The minimum absolute atomic E-state index is 0.104. The summed E-state index contributed by atoms with van der Waals surface area (Å²) in [4.78, 5) is 17.7. The van der Waals surface area contributed by atoms with Gasteiger partial charge in [0.25, 0.3) is 0 Å². The number of hydrogen-bond acceptors (Lipinski definition) is 5. The number of aromatic hydroxyl groups is 1. The molecule has 37 heavy (non-hydrogen) atoms. The third-order valence-corrected chi connectivity index (χ3v) is 7.54. The van der Waals surface area contributed by atoms with E-state index in [-0.39, 0.29) is 16.2 Å². The van der Waals surface area contributed by atoms with Crippen LogP contribution < -0.4 is 10.5 Å². The number of nitrogens with zero attached hydrogens (tertiary/aromatic N) is 1. The van der Waals surface area contributed by atoms with Gasteiger partial charge in [0.2, 0.25) is 10.6 Å². The second kappa shape index (κ2) is 10.3. The Bertz CT molecular complexity index is 1720. The van der Waals surface area contributed by atoms with Crippen LogP contribution in [0.4, 0.5) is 0 Å². The molecular weight excluding hydrogens is 520 g/mol. The van der Waals surface area contributed by atoms with Gasteiger partial charge in [0.15, 0.2) is 0 Å². The minimum atomic E-state index is -0.337. The van der Waals surface area contributed by atoms with Gasteiger partial charge in [-0.15, -0.1) is 0 Å². The van der Waals surface area contributed by atoms with E-state index in [1.165, 1.54) is 0 Å². The van der Waals surface area contributed by atoms with Crippen molar-refractivity contribution < 1.29 is 5.11 Å². The largest absolute Gasteiger partial charge is 0.493 e. The van der Waals surface area contributed by atoms with Gasteiger partial charge in [-0.2, -0.15) is 0 Å². The lowest BCUT2D eigenvalue weighted by molar-refractivity contribution is 0.457. The van der Waals surface area contributed by atoms with E-state index in [0.717, 1.165) is 50.3 Å². The number of rotatable bonds is 5. The van der Waals surface area contributed by atoms with Crippen molar-refractivity contribution >= 4 is 40.1 Å². The van der Waals surface area contributed by atoms with Crippen LogP contribution >= 0.6 is 35.2 Å². The minimum Gasteiger partial charge on any atom is -0.493 e. The van der Waals surface area contributed by atoms with E-state index in [0.29, 0.717) is 20.6 Å². The number of halogens is 1. The van der Waals surface area contributed by atoms with Gasteiger partial charge in [-0.05, 0) is 59.0 Å². The van der Waals surface area contributed by atoms with Crippen molar-refractivity contribution in [3.63, 3.8) is 0 Å². The number of hydrogen-bond donors (Lipinski definition) is 2. The summed E-state index contributed by atoms with van der Waals surface area (Å²) in [5.41, 5.74) is 12.8. The van der Waals surface area contributed by atoms with E-state index in [4.69, 9.17) is 29.6 Å². The van der Waals surface area contributed by atoms with Crippen LogP contribution in [0.15, 0.2) is 95.8 Å². The van der Waals surface area contributed by atoms with Gasteiger partial charge >= 0.3 is 0 Å². The molecule has 0 saturated heterocycles. The zero-order valence-electron chi connectivity index (χ0n) is 19.7. The molecule has 3 N–H and O–H groups in total. The highest BCUT2D eigenvalue weighted by Gasteiger charge is 2.19. The molecule has 0 radical (unpaired) electrons. The van der Waals surface area contributed by atoms with Crippen LogP contribution in [-0.2, 0) is 0 Å². The summed E-state index contributed by atoms with van der Waals surface area (Å²) >= 11 is 12.8. The van der Waals surface area contributed by atoms with E-state index in [9.17, 15) is 9.90 Å². The molecule has 0 spiro atoms. The van der Waals surface area contributed by atoms with Gasteiger partial charge in [-0.25, -0.2) is 4.98 Å². The molecule has 7 heteroatoms. The first-order chi connectivity index (χ1) is 17.8. The zero-order valence-corrected chi connectivity index (χ0v) is 22.1. The molecule has 0 fully saturated rings. The van der Waals surface area contributed by atoms with Crippen LogP contribution in [0.2, 0.25) is 5.02 Å². The standard InChI is InChI=1S/C30H21ClN2O2S2/c1-17-13-24(26-28(34)33-29(37-30(26)35)18-7-3-2-4-8-18)25(31)16-23(17)21-11-5-9-19(14-21)20-10-6-12-22(15-20)27(32)36/h2-16,34H,1H3,(H2,32,36). The highest BCUT2D eigenvalue weighted by molar-refractivity contribution is 7.80. The molecule has 4 nitrogen and oxygen atoms in total. The molecule has 0 aliphatic carbocycles. The molecule has 1 heterocycles. The highest BCUT2D eigenvalue weighted by Crippen LogP contribution is 2.38. The van der Waals surface area contributed by atoms with Crippen molar-refractivity contribution in [1.82, 2.24) is 4.98 Å². The summed E-state index contributed by atoms with van der Waals surface area (Å²) in [6.07, 6.45) is 0. The molecule has 182 valence electrons. The number of aromatic nitrogens is 1. The van der Waals surface area contributed by atoms with E-state index < -0.39 is 0 Å². The first-order valence-electron chi connectivity index (χ1n) is 11.4. The molecule has 0 aliphatic rings. The second-order valence-corrected chi connectivity index (χ2v) is 10.4. The number of thiocarbonyl (C=S) groups is 1. The maximum atomic E-state index is 13.1. The molecule has 5 aromatic rings. The van der Waals surface area contributed by atoms with Gasteiger partial charge in [-0.1, -0.05) is 102 Å². The molecule has 4 aromatic carbocycles. The zero-order chi connectivity index (χ0) is 26.1. The second-order valence-electron chi connectivity index (χ2n) is 8.54. The number of benzene rings is 4. The highest BCUT2D eigenvalue weighted by atomic mass is 35.5. The Morgan fingerprint density at radius 3 is 2.22 bits per heavy atom. The van der Waals surface area contributed by atoms with E-state index in [1.54, 1.807) is 0 Å². The quantitative estimate of drug-likeness (QED) is 0.226. The van der Waals surface area contributed by atoms with Crippen LogP contribution in [0.5, 0.6) is 5.88 Å². The maximum absolute atomic E-state index is 13.1. The molecular formula is C30H21ClN2O2S2. The third-order valence-electron chi connectivity index (χ3n) is 6.08. The number of nitrogens with two attached hydrogens (primary N) is 1. The smallest absolute Gasteiger partial charge is 0.247 e. The van der Waals surface area contributed by atoms with Crippen LogP contribution in [-0.4, -0.2) is 15.1 Å². The normalized spacial score (nSPS) is 10.9. The fraction of sp³-hybridized carbons (Fsp3) is 0.0333. The third kappa shape index (κ3) is 5.04. The summed E-state index contributed by atoms with van der Waals surface area (Å²) in [5, 5.41) is 11.5. The SMILES string of the molecule is Cc1cc(-c2c(O)nc(-c3ccccc3)sc2=O)c(Cl)cc1-c1cccc(-c2cccc(C(N)=S)c2)c1. The van der Waals surface area contributed by atoms with Crippen molar-refractivity contribution in [3.8, 4) is 49.8 Å². The van der Waals surface area contributed by atoms with Crippen molar-refractivity contribution in [2.75, 3.05) is 0 Å². The van der Waals surface area contributed by atoms with Crippen molar-refractivity contribution in [2.24, 2.45) is 5.73 Å². The van der Waals surface area contributed by atoms with Gasteiger partial charge in [0, 0.05) is 21.7 Å². The summed E-state index contributed by atoms with van der Waals surface area (Å²) in [6.45, 7) is 1.95. The predicted molar refractivity (Wildman–Crippen MR) is 157 cm³/mol. The predicted octanol–water partition coefficient (Wildman–Crippen LogP) is 7.47. The Kier molecular flexibility index (Phi) is 6.89. The van der Waals surface area contributed by atoms with Crippen LogP contribution in [0.3, 0.4) is 0 Å². The Morgan fingerprint density at radius 2 is 1.51 bits per heavy atom. The average molecular weight is 541 g/mol. The lowest BCUT2D eigenvalue weighted by Crippen LogP contribution is -2.08. The number of aryl methyl sites for hydroxylation is 1. The summed E-state index contributed by atoms with van der Waals surface area (Å²) in [7, 11) is 0. The van der Waals surface area contributed by atoms with Crippen molar-refractivity contribution in [3.05, 3.63) is 117 Å². The first-order valence-corrected chi connectivity index (χ1v) is 13.0. The monoisotopic (exact) mass is 540 g/mol. The lowest BCUT2D eigenvalue weighted by Gasteiger charge is -2.13.